The molecule has 2 aromatic heterocycles. The second-order valence-electron chi connectivity index (χ2n) is 9.61. The van der Waals surface area contributed by atoms with Gasteiger partial charge in [0.1, 0.15) is 11.9 Å². The van der Waals surface area contributed by atoms with Crippen LogP contribution in [0.1, 0.15) is 29.3 Å². The van der Waals surface area contributed by atoms with Gasteiger partial charge in [-0.2, -0.15) is 13.2 Å². The zero-order valence-corrected chi connectivity index (χ0v) is 21.9. The minimum atomic E-state index is -4.62. The number of benzene rings is 2. The highest BCUT2D eigenvalue weighted by atomic mass is 19.4. The molecular weight excluding hydrogens is 507 g/mol. The van der Waals surface area contributed by atoms with Gasteiger partial charge >= 0.3 is 6.18 Å². The summed E-state index contributed by atoms with van der Waals surface area (Å²) >= 11 is 0. The molecule has 3 heterocycles. The van der Waals surface area contributed by atoms with Crippen LogP contribution in [0.25, 0.3) is 33.3 Å². The van der Waals surface area contributed by atoms with Gasteiger partial charge < -0.3 is 9.64 Å². The highest BCUT2D eigenvalue weighted by Gasteiger charge is 2.35. The van der Waals surface area contributed by atoms with Crippen LogP contribution >= 0.6 is 0 Å². The Balaban J connectivity index is 1.52. The molecular formula is C29H28F3N5O2. The standard InChI is InChI=1S/C29H28F3N5O2/c1-4-22-16-37(11-10-36(22)2)28(38)20-7-5-6-19(12-20)26-23-13-18(8-9-25(23)34-17-35-26)21-14-24(29(30,31)32)27(39-3)33-15-21/h5-9,12-15,17,22H,4,10-11,16H2,1-3H3/t22-/m0/s1. The molecule has 1 aliphatic heterocycles. The lowest BCUT2D eigenvalue weighted by Crippen LogP contribution is -2.52. The first-order chi connectivity index (χ1) is 18.7. The van der Waals surface area contributed by atoms with Crippen molar-refractivity contribution in [2.24, 2.45) is 0 Å². The average molecular weight is 536 g/mol. The van der Waals surface area contributed by atoms with Gasteiger partial charge in [0, 0.05) is 53.9 Å². The summed E-state index contributed by atoms with van der Waals surface area (Å²) in [5.41, 5.74) is 2.34. The van der Waals surface area contributed by atoms with E-state index in [0.717, 1.165) is 31.7 Å². The molecule has 0 radical (unpaired) electrons. The topological polar surface area (TPSA) is 71.5 Å². The second-order valence-corrected chi connectivity index (χ2v) is 9.61. The van der Waals surface area contributed by atoms with Crippen LogP contribution in [-0.4, -0.2) is 70.5 Å². The van der Waals surface area contributed by atoms with E-state index >= 15 is 0 Å². The number of methoxy groups -OCH3 is 1. The van der Waals surface area contributed by atoms with Crippen molar-refractivity contribution < 1.29 is 22.7 Å². The van der Waals surface area contributed by atoms with Crippen molar-refractivity contribution in [1.82, 2.24) is 24.8 Å². The van der Waals surface area contributed by atoms with E-state index in [1.807, 2.05) is 23.1 Å². The van der Waals surface area contributed by atoms with Crippen LogP contribution in [0.15, 0.2) is 61.1 Å². The smallest absolute Gasteiger partial charge is 0.421 e. The largest absolute Gasteiger partial charge is 0.481 e. The Morgan fingerprint density at radius 2 is 1.85 bits per heavy atom. The van der Waals surface area contributed by atoms with E-state index in [9.17, 15) is 18.0 Å². The van der Waals surface area contributed by atoms with Crippen LogP contribution in [0.2, 0.25) is 0 Å². The minimum absolute atomic E-state index is 0.0357. The Bertz CT molecular complexity index is 1520. The number of hydrogen-bond acceptors (Lipinski definition) is 6. The lowest BCUT2D eigenvalue weighted by Gasteiger charge is -2.39. The van der Waals surface area contributed by atoms with Crippen molar-refractivity contribution in [3.8, 4) is 28.3 Å². The molecule has 202 valence electrons. The molecule has 4 aromatic rings. The fourth-order valence-electron chi connectivity index (χ4n) is 5.00. The van der Waals surface area contributed by atoms with E-state index in [-0.39, 0.29) is 11.5 Å². The maximum atomic E-state index is 13.6. The highest BCUT2D eigenvalue weighted by molar-refractivity contribution is 5.98. The van der Waals surface area contributed by atoms with Crippen molar-refractivity contribution in [3.63, 3.8) is 0 Å². The molecule has 1 fully saturated rings. The SMILES string of the molecule is CC[C@H]1CN(C(=O)c2cccc(-c3ncnc4ccc(-c5cnc(OC)c(C(F)(F)F)c5)cc34)c2)CCN1C. The van der Waals surface area contributed by atoms with Gasteiger partial charge in [-0.25, -0.2) is 15.0 Å². The number of halogens is 3. The van der Waals surface area contributed by atoms with E-state index in [1.54, 1.807) is 24.3 Å². The third-order valence-electron chi connectivity index (χ3n) is 7.24. The number of amides is 1. The Hall–Kier alpha value is -4.05. The molecule has 0 spiro atoms. The minimum Gasteiger partial charge on any atom is -0.481 e. The molecule has 0 saturated carbocycles. The van der Waals surface area contributed by atoms with Gasteiger partial charge in [0.15, 0.2) is 0 Å². The van der Waals surface area contributed by atoms with E-state index in [2.05, 4.69) is 33.8 Å². The summed E-state index contributed by atoms with van der Waals surface area (Å²) in [7, 11) is 3.23. The number of piperazine rings is 1. The van der Waals surface area contributed by atoms with Crippen molar-refractivity contribution in [1.29, 1.82) is 0 Å². The number of carbonyl (C=O) groups excluding carboxylic acids is 1. The van der Waals surface area contributed by atoms with Gasteiger partial charge in [0.2, 0.25) is 5.88 Å². The molecule has 0 aliphatic carbocycles. The van der Waals surface area contributed by atoms with E-state index in [1.165, 1.54) is 12.5 Å². The molecule has 5 rings (SSSR count). The van der Waals surface area contributed by atoms with Gasteiger partial charge in [0.25, 0.3) is 5.91 Å². The van der Waals surface area contributed by atoms with Gasteiger partial charge in [0.05, 0.1) is 18.3 Å². The van der Waals surface area contributed by atoms with Crippen molar-refractivity contribution in [2.75, 3.05) is 33.8 Å². The Kier molecular flexibility index (Phi) is 7.22. The summed E-state index contributed by atoms with van der Waals surface area (Å²) in [5, 5.41) is 0.648. The van der Waals surface area contributed by atoms with Gasteiger partial charge in [-0.05, 0) is 49.4 Å². The first kappa shape index (κ1) is 26.6. The number of pyridine rings is 1. The number of likely N-dealkylation sites (N-methyl/N-ethyl adjacent to an activating group) is 1. The fraction of sp³-hybridized carbons (Fsp3) is 0.310. The Morgan fingerprint density at radius 3 is 2.59 bits per heavy atom. The quantitative estimate of drug-likeness (QED) is 0.334. The van der Waals surface area contributed by atoms with Gasteiger partial charge in [-0.15, -0.1) is 0 Å². The monoisotopic (exact) mass is 535 g/mol. The molecule has 7 nitrogen and oxygen atoms in total. The summed E-state index contributed by atoms with van der Waals surface area (Å²) < 4.78 is 45.6. The molecule has 39 heavy (non-hydrogen) atoms. The normalized spacial score (nSPS) is 16.5. The van der Waals surface area contributed by atoms with Crippen LogP contribution in [0, 0.1) is 0 Å². The molecule has 0 N–H and O–H groups in total. The van der Waals surface area contributed by atoms with Crippen LogP contribution < -0.4 is 4.74 Å². The first-order valence-corrected chi connectivity index (χ1v) is 12.7. The van der Waals surface area contributed by atoms with Crippen LogP contribution in [0.5, 0.6) is 5.88 Å². The molecule has 10 heteroatoms. The molecule has 1 saturated heterocycles. The molecule has 1 aliphatic rings. The van der Waals surface area contributed by atoms with Crippen LogP contribution in [0.3, 0.4) is 0 Å². The van der Waals surface area contributed by atoms with E-state index < -0.39 is 17.6 Å². The highest BCUT2D eigenvalue weighted by Crippen LogP contribution is 2.38. The molecule has 2 aromatic carbocycles. The maximum absolute atomic E-state index is 13.6. The van der Waals surface area contributed by atoms with Crippen LogP contribution in [-0.2, 0) is 6.18 Å². The Morgan fingerprint density at radius 1 is 1.03 bits per heavy atom. The number of rotatable bonds is 5. The summed E-state index contributed by atoms with van der Waals surface area (Å²) in [6, 6.07) is 13.8. The maximum Gasteiger partial charge on any atom is 0.421 e. The van der Waals surface area contributed by atoms with Crippen molar-refractivity contribution >= 4 is 16.8 Å². The number of fused-ring (bicyclic) bond motifs is 1. The molecule has 0 unspecified atom stereocenters. The van der Waals surface area contributed by atoms with Crippen LogP contribution in [0.4, 0.5) is 13.2 Å². The van der Waals surface area contributed by atoms with Gasteiger partial charge in [-0.1, -0.05) is 25.1 Å². The predicted molar refractivity (Wildman–Crippen MR) is 142 cm³/mol. The number of carbonyl (C=O) groups is 1. The lowest BCUT2D eigenvalue weighted by molar-refractivity contribution is -0.139. The number of nitrogens with zero attached hydrogens (tertiary/aromatic N) is 5. The average Bonchev–Trinajstić information content (AvgIpc) is 2.95. The zero-order valence-electron chi connectivity index (χ0n) is 21.9. The number of hydrogen-bond donors (Lipinski definition) is 0. The summed E-state index contributed by atoms with van der Waals surface area (Å²) in [4.78, 5) is 30.2. The summed E-state index contributed by atoms with van der Waals surface area (Å²) in [5.74, 6) is -0.519. The molecule has 1 atom stereocenters. The van der Waals surface area contributed by atoms with Crippen molar-refractivity contribution in [2.45, 2.75) is 25.6 Å². The lowest BCUT2D eigenvalue weighted by atomic mass is 9.99. The first-order valence-electron chi connectivity index (χ1n) is 12.7. The second kappa shape index (κ2) is 10.6. The van der Waals surface area contributed by atoms with E-state index in [0.29, 0.717) is 46.9 Å². The summed E-state index contributed by atoms with van der Waals surface area (Å²) in [6.07, 6.45) is -0.871. The van der Waals surface area contributed by atoms with E-state index in [4.69, 9.17) is 4.74 Å². The van der Waals surface area contributed by atoms with Crippen molar-refractivity contribution in [3.05, 3.63) is 72.2 Å². The Labute approximate surface area is 224 Å². The number of aromatic nitrogens is 3. The molecule has 0 bridgehead atoms. The third-order valence-corrected chi connectivity index (χ3v) is 7.24. The predicted octanol–water partition coefficient (Wildman–Crippen LogP) is 5.55. The zero-order chi connectivity index (χ0) is 27.7. The number of alkyl halides is 3. The third kappa shape index (κ3) is 5.29. The summed E-state index contributed by atoms with van der Waals surface area (Å²) in [6.45, 7) is 4.27. The number of ether oxygens (including phenoxy) is 1. The molecule has 1 amide bonds. The van der Waals surface area contributed by atoms with Gasteiger partial charge in [-0.3, -0.25) is 9.69 Å². The fourth-order valence-corrected chi connectivity index (χ4v) is 5.00.